The van der Waals surface area contributed by atoms with E-state index in [9.17, 15) is 27.6 Å². The first-order chi connectivity index (χ1) is 18.0. The predicted molar refractivity (Wildman–Crippen MR) is 140 cm³/mol. The van der Waals surface area contributed by atoms with Crippen LogP contribution in [0, 0.1) is 5.92 Å². The lowest BCUT2D eigenvalue weighted by Gasteiger charge is -2.21. The maximum absolute atomic E-state index is 12.9. The van der Waals surface area contributed by atoms with Crippen LogP contribution in [0.25, 0.3) is 0 Å². The van der Waals surface area contributed by atoms with Crippen LogP contribution in [0.1, 0.15) is 45.7 Å². The standard InChI is InChI=1S/C27H23ClN2O7S/c1-15(2)24(30-38(35,36)16-8-4-3-5-9-16)27(34)37-14-23(31)29-22-13-20-19(12-21(22)28)25(32)17-10-6-7-11-18(17)26(20)33/h3-13,15,24,30H,14H2,1-2H3,(H,29,31)/t24-/m0/s1. The van der Waals surface area contributed by atoms with Gasteiger partial charge in [0, 0.05) is 22.3 Å². The molecule has 0 unspecified atom stereocenters. The number of esters is 1. The summed E-state index contributed by atoms with van der Waals surface area (Å²) in [7, 11) is -4.01. The molecule has 0 aliphatic heterocycles. The second-order valence-corrected chi connectivity index (χ2v) is 11.0. The van der Waals surface area contributed by atoms with E-state index in [0.29, 0.717) is 0 Å². The van der Waals surface area contributed by atoms with Crippen molar-refractivity contribution in [3.63, 3.8) is 0 Å². The Morgan fingerprint density at radius 3 is 2.00 bits per heavy atom. The van der Waals surface area contributed by atoms with Crippen molar-refractivity contribution in [2.24, 2.45) is 5.92 Å². The molecule has 11 heteroatoms. The molecule has 0 fully saturated rings. The van der Waals surface area contributed by atoms with E-state index in [1.165, 1.54) is 24.3 Å². The Morgan fingerprint density at radius 2 is 1.42 bits per heavy atom. The number of ether oxygens (including phenoxy) is 1. The molecule has 196 valence electrons. The molecule has 1 amide bonds. The largest absolute Gasteiger partial charge is 0.454 e. The van der Waals surface area contributed by atoms with E-state index in [4.69, 9.17) is 16.3 Å². The third kappa shape index (κ3) is 5.52. The van der Waals surface area contributed by atoms with Crippen LogP contribution in [0.15, 0.2) is 71.6 Å². The molecule has 0 saturated heterocycles. The zero-order valence-electron chi connectivity index (χ0n) is 20.4. The highest BCUT2D eigenvalue weighted by molar-refractivity contribution is 7.89. The summed E-state index contributed by atoms with van der Waals surface area (Å²) >= 11 is 6.27. The molecule has 38 heavy (non-hydrogen) atoms. The van der Waals surface area contributed by atoms with E-state index in [1.807, 2.05) is 0 Å². The summed E-state index contributed by atoms with van der Waals surface area (Å²) in [5.41, 5.74) is 0.773. The van der Waals surface area contributed by atoms with Crippen molar-refractivity contribution < 1.29 is 32.3 Å². The number of sulfonamides is 1. The number of carbonyl (C=O) groups is 4. The molecule has 2 N–H and O–H groups in total. The van der Waals surface area contributed by atoms with E-state index in [-0.39, 0.29) is 49.4 Å². The highest BCUT2D eigenvalue weighted by atomic mass is 35.5. The summed E-state index contributed by atoms with van der Waals surface area (Å²) in [5, 5.41) is 2.48. The average Bonchev–Trinajstić information content (AvgIpc) is 2.90. The SMILES string of the molecule is CC(C)[C@H](NS(=O)(=O)c1ccccc1)C(=O)OCC(=O)Nc1cc2c(cc1Cl)C(=O)c1ccccc1C2=O. The fourth-order valence-corrected chi connectivity index (χ4v) is 5.48. The van der Waals surface area contributed by atoms with Crippen molar-refractivity contribution in [3.8, 4) is 0 Å². The highest BCUT2D eigenvalue weighted by Gasteiger charge is 2.32. The van der Waals surface area contributed by atoms with Crippen LogP contribution < -0.4 is 10.0 Å². The number of nitrogens with one attached hydrogen (secondary N) is 2. The van der Waals surface area contributed by atoms with Gasteiger partial charge in [-0.1, -0.05) is 67.9 Å². The van der Waals surface area contributed by atoms with Gasteiger partial charge in [-0.2, -0.15) is 4.72 Å². The van der Waals surface area contributed by atoms with E-state index >= 15 is 0 Å². The summed E-state index contributed by atoms with van der Waals surface area (Å²) in [4.78, 5) is 51.0. The van der Waals surface area contributed by atoms with E-state index < -0.39 is 40.5 Å². The zero-order valence-corrected chi connectivity index (χ0v) is 21.9. The van der Waals surface area contributed by atoms with Gasteiger partial charge >= 0.3 is 5.97 Å². The second-order valence-electron chi connectivity index (χ2n) is 8.89. The van der Waals surface area contributed by atoms with Gasteiger partial charge in [-0.3, -0.25) is 19.2 Å². The van der Waals surface area contributed by atoms with E-state index in [1.54, 1.807) is 56.3 Å². The maximum atomic E-state index is 12.9. The Morgan fingerprint density at radius 1 is 0.868 bits per heavy atom. The molecular formula is C27H23ClN2O7S. The molecule has 0 heterocycles. The number of rotatable bonds is 8. The number of halogens is 1. The van der Waals surface area contributed by atoms with Gasteiger partial charge in [0.05, 0.1) is 15.6 Å². The van der Waals surface area contributed by atoms with Crippen molar-refractivity contribution >= 4 is 50.8 Å². The van der Waals surface area contributed by atoms with Crippen LogP contribution in [0.2, 0.25) is 5.02 Å². The van der Waals surface area contributed by atoms with Crippen molar-refractivity contribution in [2.75, 3.05) is 11.9 Å². The van der Waals surface area contributed by atoms with Crippen molar-refractivity contribution in [2.45, 2.75) is 24.8 Å². The minimum absolute atomic E-state index is 0.0136. The summed E-state index contributed by atoms with van der Waals surface area (Å²) < 4.78 is 32.7. The lowest BCUT2D eigenvalue weighted by atomic mass is 9.84. The molecule has 0 spiro atoms. The lowest BCUT2D eigenvalue weighted by Crippen LogP contribution is -2.45. The van der Waals surface area contributed by atoms with Gasteiger partial charge < -0.3 is 10.1 Å². The smallest absolute Gasteiger partial charge is 0.324 e. The predicted octanol–water partition coefficient (Wildman–Crippen LogP) is 3.60. The molecule has 4 rings (SSSR count). The van der Waals surface area contributed by atoms with Gasteiger partial charge in [0.1, 0.15) is 6.04 Å². The van der Waals surface area contributed by atoms with Crippen LogP contribution in [0.4, 0.5) is 5.69 Å². The van der Waals surface area contributed by atoms with Crippen molar-refractivity contribution in [1.82, 2.24) is 4.72 Å². The molecule has 1 aliphatic rings. The number of anilines is 1. The van der Waals surface area contributed by atoms with Crippen LogP contribution in [0.3, 0.4) is 0 Å². The molecule has 0 saturated carbocycles. The Kier molecular flexibility index (Phi) is 7.77. The summed E-state index contributed by atoms with van der Waals surface area (Å²) in [6.45, 7) is 2.52. The molecular weight excluding hydrogens is 532 g/mol. The molecule has 3 aromatic rings. The topological polar surface area (TPSA) is 136 Å². The number of carbonyl (C=O) groups excluding carboxylic acids is 4. The van der Waals surface area contributed by atoms with Crippen molar-refractivity contribution in [1.29, 1.82) is 0 Å². The molecule has 1 atom stereocenters. The number of hydrogen-bond donors (Lipinski definition) is 2. The lowest BCUT2D eigenvalue weighted by molar-refractivity contribution is -0.150. The number of hydrogen-bond acceptors (Lipinski definition) is 7. The second kappa shape index (κ2) is 10.9. The van der Waals surface area contributed by atoms with E-state index in [2.05, 4.69) is 10.0 Å². The maximum Gasteiger partial charge on any atom is 0.324 e. The first-order valence-corrected chi connectivity index (χ1v) is 13.4. The average molecular weight is 555 g/mol. The Hall–Kier alpha value is -3.86. The molecule has 1 aliphatic carbocycles. The fourth-order valence-electron chi connectivity index (χ4n) is 3.92. The zero-order chi connectivity index (χ0) is 27.6. The van der Waals surface area contributed by atoms with Crippen LogP contribution in [-0.4, -0.2) is 44.5 Å². The first kappa shape index (κ1) is 27.2. The van der Waals surface area contributed by atoms with Crippen LogP contribution in [-0.2, 0) is 24.3 Å². The van der Waals surface area contributed by atoms with Gasteiger partial charge in [0.15, 0.2) is 18.2 Å². The fraction of sp³-hybridized carbons (Fsp3) is 0.185. The number of amides is 1. The number of ketones is 2. The molecule has 0 bridgehead atoms. The number of benzene rings is 3. The van der Waals surface area contributed by atoms with Crippen LogP contribution in [0.5, 0.6) is 0 Å². The Bertz CT molecular complexity index is 1550. The van der Waals surface area contributed by atoms with Gasteiger partial charge in [-0.25, -0.2) is 8.42 Å². The molecule has 0 radical (unpaired) electrons. The number of fused-ring (bicyclic) bond motifs is 2. The van der Waals surface area contributed by atoms with E-state index in [0.717, 1.165) is 0 Å². The Labute approximate surface area is 224 Å². The molecule has 9 nitrogen and oxygen atoms in total. The molecule has 3 aromatic carbocycles. The third-order valence-electron chi connectivity index (χ3n) is 5.89. The van der Waals surface area contributed by atoms with Gasteiger partial charge in [0.2, 0.25) is 10.0 Å². The summed E-state index contributed by atoms with van der Waals surface area (Å²) in [6, 6.07) is 15.3. The van der Waals surface area contributed by atoms with Crippen LogP contribution >= 0.6 is 11.6 Å². The minimum atomic E-state index is -4.01. The summed E-state index contributed by atoms with van der Waals surface area (Å²) in [6.07, 6.45) is 0. The Balaban J connectivity index is 1.44. The van der Waals surface area contributed by atoms with Gasteiger partial charge in [-0.15, -0.1) is 0 Å². The minimum Gasteiger partial charge on any atom is -0.454 e. The molecule has 0 aromatic heterocycles. The first-order valence-electron chi connectivity index (χ1n) is 11.6. The summed E-state index contributed by atoms with van der Waals surface area (Å²) in [5.74, 6) is -2.95. The highest BCUT2D eigenvalue weighted by Crippen LogP contribution is 2.33. The quantitative estimate of drug-likeness (QED) is 0.318. The van der Waals surface area contributed by atoms with Gasteiger partial charge in [0.25, 0.3) is 5.91 Å². The van der Waals surface area contributed by atoms with Crippen molar-refractivity contribution in [3.05, 3.63) is 94.0 Å². The third-order valence-corrected chi connectivity index (χ3v) is 7.66. The van der Waals surface area contributed by atoms with Gasteiger partial charge in [-0.05, 0) is 30.2 Å². The monoisotopic (exact) mass is 554 g/mol. The normalized spacial score (nSPS) is 13.5.